The molecule has 1 amide bonds. The van der Waals surface area contributed by atoms with Gasteiger partial charge in [0.05, 0.1) is 13.2 Å². The van der Waals surface area contributed by atoms with Gasteiger partial charge in [-0.05, 0) is 73.6 Å². The summed E-state index contributed by atoms with van der Waals surface area (Å²) < 4.78 is 52.6. The standard InChI is InChI=1S/C25H26F3NO4/c1-31-22-11-8-17(14-23(22)32-20-4-2-3-5-20)19-13-18(24(30)29-15-19)12-16-6-9-21(10-7-16)33-25(26,27)28/h6-12,14,19-20H,2-5,13,15H2,1H3,(H,29,30)/t19-/m1/s1. The van der Waals surface area contributed by atoms with Gasteiger partial charge < -0.3 is 19.5 Å². The highest BCUT2D eigenvalue weighted by Crippen LogP contribution is 2.37. The molecule has 1 saturated heterocycles. The van der Waals surface area contributed by atoms with Crippen LogP contribution in [0.15, 0.2) is 48.0 Å². The van der Waals surface area contributed by atoms with E-state index >= 15 is 0 Å². The predicted molar refractivity (Wildman–Crippen MR) is 117 cm³/mol. The predicted octanol–water partition coefficient (Wildman–Crippen LogP) is 5.60. The van der Waals surface area contributed by atoms with Crippen LogP contribution in [0.3, 0.4) is 0 Å². The molecule has 5 nitrogen and oxygen atoms in total. The Morgan fingerprint density at radius 1 is 1.03 bits per heavy atom. The molecule has 33 heavy (non-hydrogen) atoms. The molecule has 1 atom stereocenters. The Balaban J connectivity index is 1.50. The van der Waals surface area contributed by atoms with Crippen LogP contribution in [0.2, 0.25) is 0 Å². The molecule has 1 aliphatic carbocycles. The number of methoxy groups -OCH3 is 1. The lowest BCUT2D eigenvalue weighted by molar-refractivity contribution is -0.274. The first-order valence-electron chi connectivity index (χ1n) is 11.0. The second-order valence-electron chi connectivity index (χ2n) is 8.33. The van der Waals surface area contributed by atoms with Crippen molar-refractivity contribution in [1.82, 2.24) is 5.32 Å². The summed E-state index contributed by atoms with van der Waals surface area (Å²) in [7, 11) is 1.61. The van der Waals surface area contributed by atoms with Crippen molar-refractivity contribution in [2.45, 2.75) is 50.5 Å². The van der Waals surface area contributed by atoms with Crippen LogP contribution in [0.1, 0.15) is 49.1 Å². The molecule has 0 aromatic heterocycles. The average Bonchev–Trinajstić information content (AvgIpc) is 3.29. The summed E-state index contributed by atoms with van der Waals surface area (Å²) in [6.45, 7) is 0.490. The highest BCUT2D eigenvalue weighted by molar-refractivity contribution is 5.98. The van der Waals surface area contributed by atoms with Crippen molar-refractivity contribution in [3.05, 3.63) is 59.2 Å². The number of amides is 1. The van der Waals surface area contributed by atoms with Gasteiger partial charge in [0.15, 0.2) is 11.5 Å². The van der Waals surface area contributed by atoms with Gasteiger partial charge in [-0.2, -0.15) is 0 Å². The number of halogens is 3. The third-order valence-electron chi connectivity index (χ3n) is 5.98. The first-order valence-corrected chi connectivity index (χ1v) is 11.0. The third-order valence-corrected chi connectivity index (χ3v) is 5.98. The fourth-order valence-corrected chi connectivity index (χ4v) is 4.31. The minimum Gasteiger partial charge on any atom is -0.493 e. The van der Waals surface area contributed by atoms with Crippen molar-refractivity contribution < 1.29 is 32.2 Å². The molecular formula is C25H26F3NO4. The molecule has 2 aliphatic rings. The molecule has 2 aromatic carbocycles. The number of piperidine rings is 1. The summed E-state index contributed by atoms with van der Waals surface area (Å²) in [5.41, 5.74) is 2.21. The van der Waals surface area contributed by atoms with Crippen LogP contribution in [0, 0.1) is 0 Å². The first-order chi connectivity index (χ1) is 15.8. The van der Waals surface area contributed by atoms with Crippen molar-refractivity contribution in [3.63, 3.8) is 0 Å². The summed E-state index contributed by atoms with van der Waals surface area (Å²) in [4.78, 5) is 12.4. The highest BCUT2D eigenvalue weighted by Gasteiger charge is 2.31. The number of benzene rings is 2. The van der Waals surface area contributed by atoms with Gasteiger partial charge in [-0.15, -0.1) is 13.2 Å². The maximum Gasteiger partial charge on any atom is 0.573 e. The zero-order valence-corrected chi connectivity index (χ0v) is 18.3. The molecule has 2 aromatic rings. The van der Waals surface area contributed by atoms with E-state index in [0.29, 0.717) is 35.6 Å². The fourth-order valence-electron chi connectivity index (χ4n) is 4.31. The molecule has 0 unspecified atom stereocenters. The first kappa shape index (κ1) is 23.0. The molecule has 2 fully saturated rings. The van der Waals surface area contributed by atoms with E-state index in [9.17, 15) is 18.0 Å². The van der Waals surface area contributed by atoms with Crippen LogP contribution in [-0.2, 0) is 4.79 Å². The Morgan fingerprint density at radius 2 is 1.76 bits per heavy atom. The molecule has 0 radical (unpaired) electrons. The van der Waals surface area contributed by atoms with Crippen LogP contribution in [0.25, 0.3) is 6.08 Å². The van der Waals surface area contributed by atoms with E-state index in [-0.39, 0.29) is 23.7 Å². The zero-order valence-electron chi connectivity index (χ0n) is 18.3. The zero-order chi connectivity index (χ0) is 23.4. The summed E-state index contributed by atoms with van der Waals surface area (Å²) >= 11 is 0. The lowest BCUT2D eigenvalue weighted by atomic mass is 9.87. The molecule has 1 saturated carbocycles. The minimum absolute atomic E-state index is 0.0404. The van der Waals surface area contributed by atoms with Gasteiger partial charge in [-0.25, -0.2) is 0 Å². The number of nitrogens with one attached hydrogen (secondary N) is 1. The quantitative estimate of drug-likeness (QED) is 0.569. The number of hydrogen-bond donors (Lipinski definition) is 1. The Bertz CT molecular complexity index is 1010. The number of ether oxygens (including phenoxy) is 3. The van der Waals surface area contributed by atoms with E-state index in [1.165, 1.54) is 37.1 Å². The van der Waals surface area contributed by atoms with E-state index in [2.05, 4.69) is 10.1 Å². The number of alkyl halides is 3. The van der Waals surface area contributed by atoms with Crippen LogP contribution in [-0.4, -0.2) is 32.0 Å². The normalized spacial score (nSPS) is 20.5. The SMILES string of the molecule is COc1ccc([C@H]2CNC(=O)C(=Cc3ccc(OC(F)(F)F)cc3)C2)cc1OC1CCCC1. The second-order valence-corrected chi connectivity index (χ2v) is 8.33. The van der Waals surface area contributed by atoms with Crippen LogP contribution in [0.4, 0.5) is 13.2 Å². The maximum atomic E-state index is 12.4. The van der Waals surface area contributed by atoms with Crippen LogP contribution in [0.5, 0.6) is 17.2 Å². The van der Waals surface area contributed by atoms with Crippen molar-refractivity contribution in [1.29, 1.82) is 0 Å². The Kier molecular flexibility index (Phi) is 6.81. The lowest BCUT2D eigenvalue weighted by Crippen LogP contribution is -2.35. The molecule has 1 N–H and O–H groups in total. The summed E-state index contributed by atoms with van der Waals surface area (Å²) in [5, 5.41) is 2.91. The molecule has 1 aliphatic heterocycles. The number of hydrogen-bond acceptors (Lipinski definition) is 4. The van der Waals surface area contributed by atoms with Gasteiger partial charge in [-0.3, -0.25) is 4.79 Å². The number of rotatable bonds is 6. The van der Waals surface area contributed by atoms with Gasteiger partial charge >= 0.3 is 6.36 Å². The van der Waals surface area contributed by atoms with Gasteiger partial charge in [-0.1, -0.05) is 18.2 Å². The summed E-state index contributed by atoms with van der Waals surface area (Å²) in [6, 6.07) is 11.3. The lowest BCUT2D eigenvalue weighted by Gasteiger charge is -2.26. The van der Waals surface area contributed by atoms with Crippen LogP contribution < -0.4 is 19.5 Å². The van der Waals surface area contributed by atoms with Gasteiger partial charge in [0.1, 0.15) is 5.75 Å². The number of carbonyl (C=O) groups is 1. The van der Waals surface area contributed by atoms with Gasteiger partial charge in [0.2, 0.25) is 5.91 Å². The molecule has 4 rings (SSSR count). The molecule has 176 valence electrons. The molecule has 0 spiro atoms. The Labute approximate surface area is 190 Å². The van der Waals surface area contributed by atoms with Gasteiger partial charge in [0.25, 0.3) is 0 Å². The monoisotopic (exact) mass is 461 g/mol. The van der Waals surface area contributed by atoms with Crippen molar-refractivity contribution in [2.75, 3.05) is 13.7 Å². The largest absolute Gasteiger partial charge is 0.573 e. The van der Waals surface area contributed by atoms with E-state index in [4.69, 9.17) is 9.47 Å². The Morgan fingerprint density at radius 3 is 2.42 bits per heavy atom. The minimum atomic E-state index is -4.74. The maximum absolute atomic E-state index is 12.4. The highest BCUT2D eigenvalue weighted by atomic mass is 19.4. The smallest absolute Gasteiger partial charge is 0.493 e. The van der Waals surface area contributed by atoms with E-state index in [1.807, 2.05) is 18.2 Å². The topological polar surface area (TPSA) is 56.8 Å². The molecule has 0 bridgehead atoms. The summed E-state index contributed by atoms with van der Waals surface area (Å²) in [6.07, 6.45) is 2.05. The van der Waals surface area contributed by atoms with Crippen molar-refractivity contribution >= 4 is 12.0 Å². The average molecular weight is 461 g/mol. The van der Waals surface area contributed by atoms with Crippen LogP contribution >= 0.6 is 0 Å². The molecular weight excluding hydrogens is 435 g/mol. The van der Waals surface area contributed by atoms with Gasteiger partial charge in [0, 0.05) is 18.0 Å². The number of carbonyl (C=O) groups excluding carboxylic acids is 1. The molecule has 8 heteroatoms. The fraction of sp³-hybridized carbons (Fsp3) is 0.400. The van der Waals surface area contributed by atoms with E-state index in [1.54, 1.807) is 13.2 Å². The van der Waals surface area contributed by atoms with E-state index < -0.39 is 6.36 Å². The Hall–Kier alpha value is -3.16. The van der Waals surface area contributed by atoms with E-state index in [0.717, 1.165) is 18.4 Å². The molecule has 1 heterocycles. The second kappa shape index (κ2) is 9.77. The summed E-state index contributed by atoms with van der Waals surface area (Å²) in [5.74, 6) is 0.951. The van der Waals surface area contributed by atoms with Crippen molar-refractivity contribution in [2.24, 2.45) is 0 Å². The van der Waals surface area contributed by atoms with Crippen molar-refractivity contribution in [3.8, 4) is 17.2 Å². The third kappa shape index (κ3) is 6.00.